The number of aryl methyl sites for hydroxylation is 2. The predicted octanol–water partition coefficient (Wildman–Crippen LogP) is 2.94. The van der Waals surface area contributed by atoms with Crippen LogP contribution in [0.25, 0.3) is 0 Å². The largest absolute Gasteiger partial charge is 0.497 e. The average Bonchev–Trinajstić information content (AvgIpc) is 2.65. The second-order valence-corrected chi connectivity index (χ2v) is 6.26. The highest BCUT2D eigenvalue weighted by atomic mass is 16.6. The molecule has 0 saturated heterocycles. The Balaban J connectivity index is 1.76. The van der Waals surface area contributed by atoms with Crippen molar-refractivity contribution >= 4 is 11.9 Å². The molecule has 2 aromatic rings. The number of esters is 1. The molecular formula is C21H25NO5. The van der Waals surface area contributed by atoms with Crippen LogP contribution in [0.15, 0.2) is 42.5 Å². The third-order valence-corrected chi connectivity index (χ3v) is 3.98. The van der Waals surface area contributed by atoms with Gasteiger partial charge in [0.2, 0.25) is 0 Å². The quantitative estimate of drug-likeness (QED) is 0.722. The molecule has 0 aliphatic rings. The highest BCUT2D eigenvalue weighted by Crippen LogP contribution is 2.18. The number of nitrogens with one attached hydrogen (secondary N) is 1. The summed E-state index contributed by atoms with van der Waals surface area (Å²) in [5.74, 6) is 0.401. The SMILES string of the molecule is COc1ccc(CNC(=O)[C@@H](C)OC(=O)COc2ccc(C)cc2C)cc1. The van der Waals surface area contributed by atoms with Crippen molar-refractivity contribution in [3.05, 3.63) is 59.2 Å². The molecule has 0 fully saturated rings. The summed E-state index contributed by atoms with van der Waals surface area (Å²) >= 11 is 0. The first-order valence-corrected chi connectivity index (χ1v) is 8.69. The van der Waals surface area contributed by atoms with Crippen LogP contribution in [0.2, 0.25) is 0 Å². The van der Waals surface area contributed by atoms with E-state index in [1.54, 1.807) is 7.11 Å². The maximum atomic E-state index is 12.1. The first-order valence-electron chi connectivity index (χ1n) is 8.69. The van der Waals surface area contributed by atoms with Gasteiger partial charge in [-0.2, -0.15) is 0 Å². The minimum Gasteiger partial charge on any atom is -0.497 e. The first-order chi connectivity index (χ1) is 12.9. The standard InChI is InChI=1S/C21H25NO5/c1-14-5-10-19(15(2)11-14)26-13-20(23)27-16(3)21(24)22-12-17-6-8-18(25-4)9-7-17/h5-11,16H,12-13H2,1-4H3,(H,22,24)/t16-/m1/s1. The van der Waals surface area contributed by atoms with Crippen LogP contribution in [-0.2, 0) is 20.9 Å². The molecule has 6 heteroatoms. The summed E-state index contributed by atoms with van der Waals surface area (Å²) in [6.07, 6.45) is -0.904. The van der Waals surface area contributed by atoms with Crippen molar-refractivity contribution in [2.45, 2.75) is 33.4 Å². The van der Waals surface area contributed by atoms with E-state index in [9.17, 15) is 9.59 Å². The monoisotopic (exact) mass is 371 g/mol. The number of benzene rings is 2. The first kappa shape index (κ1) is 20.3. The van der Waals surface area contributed by atoms with Gasteiger partial charge < -0.3 is 19.5 Å². The van der Waals surface area contributed by atoms with Crippen LogP contribution in [0.5, 0.6) is 11.5 Å². The van der Waals surface area contributed by atoms with Crippen LogP contribution in [-0.4, -0.2) is 31.7 Å². The van der Waals surface area contributed by atoms with E-state index in [1.807, 2.05) is 56.3 Å². The van der Waals surface area contributed by atoms with Crippen molar-refractivity contribution in [1.29, 1.82) is 0 Å². The van der Waals surface area contributed by atoms with E-state index < -0.39 is 12.1 Å². The molecule has 0 radical (unpaired) electrons. The van der Waals surface area contributed by atoms with Crippen molar-refractivity contribution in [3.63, 3.8) is 0 Å². The van der Waals surface area contributed by atoms with Gasteiger partial charge in [-0.25, -0.2) is 4.79 Å². The Hall–Kier alpha value is -3.02. The Morgan fingerprint density at radius 2 is 1.78 bits per heavy atom. The molecule has 0 heterocycles. The Morgan fingerprint density at radius 3 is 2.41 bits per heavy atom. The number of carbonyl (C=O) groups excluding carboxylic acids is 2. The van der Waals surface area contributed by atoms with Crippen LogP contribution >= 0.6 is 0 Å². The van der Waals surface area contributed by atoms with Crippen molar-refractivity contribution < 1.29 is 23.8 Å². The van der Waals surface area contributed by atoms with Crippen LogP contribution in [0, 0.1) is 13.8 Å². The molecule has 6 nitrogen and oxygen atoms in total. The summed E-state index contributed by atoms with van der Waals surface area (Å²) < 4.78 is 15.7. The van der Waals surface area contributed by atoms with Gasteiger partial charge in [-0.05, 0) is 50.1 Å². The van der Waals surface area contributed by atoms with Crippen molar-refractivity contribution in [2.75, 3.05) is 13.7 Å². The molecule has 0 spiro atoms. The average molecular weight is 371 g/mol. The van der Waals surface area contributed by atoms with Gasteiger partial charge in [0.15, 0.2) is 12.7 Å². The van der Waals surface area contributed by atoms with Gasteiger partial charge in [-0.1, -0.05) is 29.8 Å². The summed E-state index contributed by atoms with van der Waals surface area (Å²) in [7, 11) is 1.59. The number of rotatable bonds is 8. The third-order valence-electron chi connectivity index (χ3n) is 3.98. The van der Waals surface area contributed by atoms with Gasteiger partial charge in [0, 0.05) is 6.54 Å². The number of methoxy groups -OCH3 is 1. The lowest BCUT2D eigenvalue weighted by Gasteiger charge is -2.14. The fraction of sp³-hybridized carbons (Fsp3) is 0.333. The molecular weight excluding hydrogens is 346 g/mol. The zero-order chi connectivity index (χ0) is 19.8. The molecule has 0 aliphatic carbocycles. The fourth-order valence-corrected chi connectivity index (χ4v) is 2.46. The summed E-state index contributed by atoms with van der Waals surface area (Å²) in [4.78, 5) is 24.0. The summed E-state index contributed by atoms with van der Waals surface area (Å²) in [5, 5.41) is 2.73. The zero-order valence-corrected chi connectivity index (χ0v) is 16.1. The molecule has 0 bridgehead atoms. The van der Waals surface area contributed by atoms with Crippen molar-refractivity contribution in [2.24, 2.45) is 0 Å². The summed E-state index contributed by atoms with van der Waals surface area (Å²) in [5.41, 5.74) is 2.97. The maximum absolute atomic E-state index is 12.1. The van der Waals surface area contributed by atoms with E-state index in [4.69, 9.17) is 14.2 Å². The molecule has 27 heavy (non-hydrogen) atoms. The number of hydrogen-bond donors (Lipinski definition) is 1. The lowest BCUT2D eigenvalue weighted by atomic mass is 10.1. The van der Waals surface area contributed by atoms with E-state index in [0.29, 0.717) is 12.3 Å². The molecule has 2 aromatic carbocycles. The molecule has 0 aliphatic heterocycles. The van der Waals surface area contributed by atoms with Crippen LogP contribution in [0.4, 0.5) is 0 Å². The Morgan fingerprint density at radius 1 is 1.07 bits per heavy atom. The van der Waals surface area contributed by atoms with Crippen LogP contribution in [0.1, 0.15) is 23.6 Å². The molecule has 0 unspecified atom stereocenters. The molecule has 1 N–H and O–H groups in total. The molecule has 144 valence electrons. The normalized spacial score (nSPS) is 11.4. The fourth-order valence-electron chi connectivity index (χ4n) is 2.46. The molecule has 2 rings (SSSR count). The van der Waals surface area contributed by atoms with E-state index in [0.717, 1.165) is 22.4 Å². The number of carbonyl (C=O) groups is 2. The molecule has 0 aromatic heterocycles. The van der Waals surface area contributed by atoms with Gasteiger partial charge in [0.05, 0.1) is 7.11 Å². The van der Waals surface area contributed by atoms with Gasteiger partial charge >= 0.3 is 5.97 Å². The van der Waals surface area contributed by atoms with E-state index >= 15 is 0 Å². The van der Waals surface area contributed by atoms with Gasteiger partial charge in [-0.3, -0.25) is 4.79 Å². The predicted molar refractivity (Wildman–Crippen MR) is 102 cm³/mol. The van der Waals surface area contributed by atoms with E-state index in [-0.39, 0.29) is 12.5 Å². The lowest BCUT2D eigenvalue weighted by Crippen LogP contribution is -2.36. The smallest absolute Gasteiger partial charge is 0.344 e. The second kappa shape index (κ2) is 9.62. The van der Waals surface area contributed by atoms with Crippen LogP contribution in [0.3, 0.4) is 0 Å². The van der Waals surface area contributed by atoms with Gasteiger partial charge in [0.1, 0.15) is 11.5 Å². The number of amides is 1. The molecule has 0 saturated carbocycles. The highest BCUT2D eigenvalue weighted by Gasteiger charge is 2.18. The zero-order valence-electron chi connectivity index (χ0n) is 16.1. The van der Waals surface area contributed by atoms with E-state index in [1.165, 1.54) is 6.92 Å². The Kier molecular flexibility index (Phi) is 7.23. The molecule has 1 atom stereocenters. The summed E-state index contributed by atoms with van der Waals surface area (Å²) in [6.45, 7) is 5.50. The van der Waals surface area contributed by atoms with Gasteiger partial charge in [0.25, 0.3) is 5.91 Å². The number of hydrogen-bond acceptors (Lipinski definition) is 5. The summed E-state index contributed by atoms with van der Waals surface area (Å²) in [6, 6.07) is 13.0. The van der Waals surface area contributed by atoms with E-state index in [2.05, 4.69) is 5.32 Å². The van der Waals surface area contributed by atoms with Crippen molar-refractivity contribution in [1.82, 2.24) is 5.32 Å². The van der Waals surface area contributed by atoms with Gasteiger partial charge in [-0.15, -0.1) is 0 Å². The second-order valence-electron chi connectivity index (χ2n) is 6.26. The Labute approximate surface area is 159 Å². The Bertz CT molecular complexity index is 786. The molecule has 1 amide bonds. The number of ether oxygens (including phenoxy) is 3. The van der Waals surface area contributed by atoms with Crippen LogP contribution < -0.4 is 14.8 Å². The topological polar surface area (TPSA) is 73.9 Å². The van der Waals surface area contributed by atoms with Crippen molar-refractivity contribution in [3.8, 4) is 11.5 Å². The minimum absolute atomic E-state index is 0.250. The lowest BCUT2D eigenvalue weighted by molar-refractivity contribution is -0.156. The minimum atomic E-state index is -0.904. The maximum Gasteiger partial charge on any atom is 0.344 e. The third kappa shape index (κ3) is 6.33. The highest BCUT2D eigenvalue weighted by molar-refractivity contribution is 5.83.